The van der Waals surface area contributed by atoms with E-state index in [1.165, 1.54) is 72.8 Å². The molecule has 0 heterocycles. The van der Waals surface area contributed by atoms with Crippen molar-refractivity contribution in [3.8, 4) is 0 Å². The first-order chi connectivity index (χ1) is 14.6. The summed E-state index contributed by atoms with van der Waals surface area (Å²) in [5.41, 5.74) is 9.25. The van der Waals surface area contributed by atoms with Gasteiger partial charge in [-0.1, -0.05) is 101 Å². The Bertz CT molecular complexity index is 898. The maximum atomic E-state index is 2.46. The van der Waals surface area contributed by atoms with E-state index in [9.17, 15) is 0 Å². The van der Waals surface area contributed by atoms with Crippen LogP contribution < -0.4 is 0 Å². The molecule has 0 aliphatic heterocycles. The molecule has 0 spiro atoms. The highest BCUT2D eigenvalue weighted by Gasteiger charge is 2.36. The Hall–Kier alpha value is -1.82. The molecule has 0 nitrogen and oxygen atoms in total. The van der Waals surface area contributed by atoms with Crippen LogP contribution in [0, 0.1) is 5.92 Å². The van der Waals surface area contributed by atoms with E-state index in [-0.39, 0.29) is 10.8 Å². The molecular formula is C31H44. The molecule has 0 bridgehead atoms. The molecule has 0 radical (unpaired) electrons. The molecule has 2 aliphatic carbocycles. The third kappa shape index (κ3) is 5.91. The third-order valence-corrected chi connectivity index (χ3v) is 7.72. The fraction of sp³-hybridized carbons (Fsp3) is 0.548. The largest absolute Gasteiger partial charge is 0.0798 e. The SMILES string of the molecule is C/C=C(/C=C\C=C(C)\C=C1\CCCC(C)CC1)c1ccc2c(c1)C(C)(C)CCC2(C)C. The molecule has 0 N–H and O–H groups in total. The van der Waals surface area contributed by atoms with Crippen LogP contribution in [0.4, 0.5) is 0 Å². The van der Waals surface area contributed by atoms with Gasteiger partial charge in [0.25, 0.3) is 0 Å². The van der Waals surface area contributed by atoms with Crippen LogP contribution in [-0.2, 0) is 10.8 Å². The van der Waals surface area contributed by atoms with Crippen LogP contribution in [0.25, 0.3) is 5.57 Å². The molecule has 31 heavy (non-hydrogen) atoms. The van der Waals surface area contributed by atoms with Crippen LogP contribution in [0.5, 0.6) is 0 Å². The Morgan fingerprint density at radius 3 is 2.39 bits per heavy atom. The number of benzene rings is 1. The van der Waals surface area contributed by atoms with E-state index >= 15 is 0 Å². The Morgan fingerprint density at radius 2 is 1.68 bits per heavy atom. The summed E-state index contributed by atoms with van der Waals surface area (Å²) >= 11 is 0. The summed E-state index contributed by atoms with van der Waals surface area (Å²) in [6.45, 7) is 16.4. The summed E-state index contributed by atoms with van der Waals surface area (Å²) in [5.74, 6) is 0.888. The minimum Gasteiger partial charge on any atom is -0.0798 e. The topological polar surface area (TPSA) is 0 Å². The minimum atomic E-state index is 0.252. The molecule has 1 saturated carbocycles. The third-order valence-electron chi connectivity index (χ3n) is 7.72. The molecule has 0 aromatic heterocycles. The van der Waals surface area contributed by atoms with Gasteiger partial charge in [-0.15, -0.1) is 0 Å². The molecule has 168 valence electrons. The standard InChI is InChI=1S/C31H44/c1-8-26(14-10-12-24(3)21-25-13-9-11-23(2)15-16-25)27-17-18-28-29(22-27)31(6,7)20-19-30(28,4)5/h8,10,12,14,17-18,21-23H,9,11,13,15-16,19-20H2,1-7H3/b14-10-,24-12+,25-21-,26-8-. The molecule has 1 fully saturated rings. The zero-order valence-corrected chi connectivity index (χ0v) is 21.1. The number of hydrogen-bond donors (Lipinski definition) is 0. The fourth-order valence-electron chi connectivity index (χ4n) is 5.32. The monoisotopic (exact) mass is 416 g/mol. The van der Waals surface area contributed by atoms with Gasteiger partial charge in [0.15, 0.2) is 0 Å². The first-order valence-electron chi connectivity index (χ1n) is 12.5. The first-order valence-corrected chi connectivity index (χ1v) is 12.5. The van der Waals surface area contributed by atoms with Gasteiger partial charge in [-0.25, -0.2) is 0 Å². The minimum absolute atomic E-state index is 0.252. The average Bonchev–Trinajstić information content (AvgIpc) is 2.93. The van der Waals surface area contributed by atoms with Gasteiger partial charge in [-0.2, -0.15) is 0 Å². The van der Waals surface area contributed by atoms with Gasteiger partial charge in [-0.3, -0.25) is 0 Å². The van der Waals surface area contributed by atoms with Gasteiger partial charge in [0.2, 0.25) is 0 Å². The Labute approximate surface area is 192 Å². The maximum Gasteiger partial charge on any atom is -0.0100 e. The van der Waals surface area contributed by atoms with Gasteiger partial charge in [-0.05, 0) is 91.4 Å². The summed E-state index contributed by atoms with van der Waals surface area (Å²) in [5, 5.41) is 0. The maximum absolute atomic E-state index is 2.46. The van der Waals surface area contributed by atoms with Crippen LogP contribution in [-0.4, -0.2) is 0 Å². The molecule has 0 saturated heterocycles. The van der Waals surface area contributed by atoms with Gasteiger partial charge in [0, 0.05) is 0 Å². The molecular weight excluding hydrogens is 372 g/mol. The van der Waals surface area contributed by atoms with E-state index in [2.05, 4.69) is 97.0 Å². The molecule has 0 amide bonds. The number of allylic oxidation sites excluding steroid dienone is 8. The van der Waals surface area contributed by atoms with Crippen molar-refractivity contribution in [2.24, 2.45) is 5.92 Å². The normalized spacial score (nSPS) is 25.5. The predicted octanol–water partition coefficient (Wildman–Crippen LogP) is 9.47. The lowest BCUT2D eigenvalue weighted by Gasteiger charge is -2.42. The second-order valence-electron chi connectivity index (χ2n) is 11.4. The summed E-state index contributed by atoms with van der Waals surface area (Å²) in [4.78, 5) is 0. The Balaban J connectivity index is 1.79. The van der Waals surface area contributed by atoms with E-state index in [0.717, 1.165) is 5.92 Å². The van der Waals surface area contributed by atoms with Crippen LogP contribution in [0.15, 0.2) is 59.7 Å². The van der Waals surface area contributed by atoms with E-state index in [1.807, 2.05) is 0 Å². The first kappa shape index (κ1) is 23.8. The van der Waals surface area contributed by atoms with Crippen LogP contribution in [0.1, 0.15) is 110 Å². The van der Waals surface area contributed by atoms with E-state index < -0.39 is 0 Å². The molecule has 0 heteroatoms. The van der Waals surface area contributed by atoms with Gasteiger partial charge in [0.05, 0.1) is 0 Å². The average molecular weight is 417 g/mol. The van der Waals surface area contributed by atoms with E-state index in [1.54, 1.807) is 5.57 Å². The van der Waals surface area contributed by atoms with E-state index in [4.69, 9.17) is 0 Å². The zero-order valence-electron chi connectivity index (χ0n) is 21.1. The smallest absolute Gasteiger partial charge is 0.0100 e. The molecule has 2 aliphatic rings. The lowest BCUT2D eigenvalue weighted by atomic mass is 9.63. The van der Waals surface area contributed by atoms with Crippen molar-refractivity contribution in [3.05, 3.63) is 76.4 Å². The highest BCUT2D eigenvalue weighted by atomic mass is 14.4. The summed E-state index contributed by atoms with van der Waals surface area (Å²) in [6.07, 6.45) is 20.6. The Kier molecular flexibility index (Phi) is 7.51. The lowest BCUT2D eigenvalue weighted by molar-refractivity contribution is 0.332. The fourth-order valence-corrected chi connectivity index (χ4v) is 5.32. The summed E-state index contributed by atoms with van der Waals surface area (Å²) in [6, 6.07) is 7.18. The van der Waals surface area contributed by atoms with Crippen molar-refractivity contribution in [2.45, 2.75) is 104 Å². The summed E-state index contributed by atoms with van der Waals surface area (Å²) in [7, 11) is 0. The van der Waals surface area contributed by atoms with Crippen molar-refractivity contribution >= 4 is 5.57 Å². The molecule has 1 atom stereocenters. The van der Waals surface area contributed by atoms with Crippen LogP contribution >= 0.6 is 0 Å². The zero-order chi connectivity index (χ0) is 22.6. The molecule has 1 aromatic carbocycles. The van der Waals surface area contributed by atoms with Gasteiger partial charge >= 0.3 is 0 Å². The van der Waals surface area contributed by atoms with Crippen molar-refractivity contribution in [1.82, 2.24) is 0 Å². The summed E-state index contributed by atoms with van der Waals surface area (Å²) < 4.78 is 0. The van der Waals surface area contributed by atoms with E-state index in [0.29, 0.717) is 0 Å². The van der Waals surface area contributed by atoms with Crippen LogP contribution in [0.2, 0.25) is 0 Å². The van der Waals surface area contributed by atoms with Crippen molar-refractivity contribution in [1.29, 1.82) is 0 Å². The predicted molar refractivity (Wildman–Crippen MR) is 139 cm³/mol. The number of fused-ring (bicyclic) bond motifs is 1. The Morgan fingerprint density at radius 1 is 0.968 bits per heavy atom. The quantitative estimate of drug-likeness (QED) is 0.338. The van der Waals surface area contributed by atoms with Crippen molar-refractivity contribution in [2.75, 3.05) is 0 Å². The number of rotatable bonds is 4. The van der Waals surface area contributed by atoms with Crippen molar-refractivity contribution in [3.63, 3.8) is 0 Å². The lowest BCUT2D eigenvalue weighted by Crippen LogP contribution is -2.33. The van der Waals surface area contributed by atoms with Gasteiger partial charge < -0.3 is 0 Å². The molecule has 1 aromatic rings. The second kappa shape index (κ2) is 9.76. The number of hydrogen-bond acceptors (Lipinski definition) is 0. The second-order valence-corrected chi connectivity index (χ2v) is 11.4. The molecule has 3 rings (SSSR count). The molecule has 1 unspecified atom stereocenters. The van der Waals surface area contributed by atoms with Crippen LogP contribution in [0.3, 0.4) is 0 Å². The highest BCUT2D eigenvalue weighted by molar-refractivity contribution is 5.75. The van der Waals surface area contributed by atoms with Crippen molar-refractivity contribution < 1.29 is 0 Å². The van der Waals surface area contributed by atoms with Gasteiger partial charge in [0.1, 0.15) is 0 Å². The highest BCUT2D eigenvalue weighted by Crippen LogP contribution is 2.46.